The Hall–Kier alpha value is -3.03. The fourth-order valence-corrected chi connectivity index (χ4v) is 4.38. The van der Waals surface area contributed by atoms with Gasteiger partial charge in [-0.1, -0.05) is 30.3 Å². The Kier molecular flexibility index (Phi) is 4.72. The van der Waals surface area contributed by atoms with E-state index in [0.717, 1.165) is 45.6 Å². The molecular formula is C22H19FN2O3S. The fraction of sp³-hybridized carbons (Fsp3) is 0.136. The van der Waals surface area contributed by atoms with Crippen LogP contribution in [0.25, 0.3) is 11.1 Å². The lowest BCUT2D eigenvalue weighted by molar-refractivity contribution is 0.102. The molecule has 148 valence electrons. The average molecular weight is 410 g/mol. The van der Waals surface area contributed by atoms with Gasteiger partial charge in [0.05, 0.1) is 10.5 Å². The molecule has 5 nitrogen and oxygen atoms in total. The van der Waals surface area contributed by atoms with Gasteiger partial charge in [-0.15, -0.1) is 0 Å². The number of halogens is 1. The number of rotatable bonds is 4. The lowest BCUT2D eigenvalue weighted by Gasteiger charge is -2.13. The first-order valence-corrected chi connectivity index (χ1v) is 10.5. The Morgan fingerprint density at radius 3 is 2.45 bits per heavy atom. The third-order valence-corrected chi connectivity index (χ3v) is 6.83. The van der Waals surface area contributed by atoms with Crippen LogP contribution in [0.4, 0.5) is 10.1 Å². The van der Waals surface area contributed by atoms with Crippen LogP contribution >= 0.6 is 0 Å². The number of benzene rings is 3. The first-order chi connectivity index (χ1) is 13.8. The van der Waals surface area contributed by atoms with Gasteiger partial charge in [-0.25, -0.2) is 17.1 Å². The second-order valence-corrected chi connectivity index (χ2v) is 9.24. The van der Waals surface area contributed by atoms with Crippen molar-refractivity contribution in [2.75, 3.05) is 19.4 Å². The molecule has 0 bridgehead atoms. The minimum atomic E-state index is -3.78. The molecule has 0 atom stereocenters. The number of sulfonamides is 1. The molecule has 1 aliphatic carbocycles. The molecule has 1 amide bonds. The number of carbonyl (C=O) groups is 1. The largest absolute Gasteiger partial charge is 0.322 e. The zero-order chi connectivity index (χ0) is 20.8. The van der Waals surface area contributed by atoms with Crippen molar-refractivity contribution in [1.29, 1.82) is 0 Å². The van der Waals surface area contributed by atoms with Crippen molar-refractivity contribution < 1.29 is 17.6 Å². The van der Waals surface area contributed by atoms with E-state index in [4.69, 9.17) is 0 Å². The highest BCUT2D eigenvalue weighted by Gasteiger charge is 2.22. The van der Waals surface area contributed by atoms with E-state index in [9.17, 15) is 17.6 Å². The predicted molar refractivity (Wildman–Crippen MR) is 110 cm³/mol. The zero-order valence-electron chi connectivity index (χ0n) is 15.9. The Bertz CT molecular complexity index is 1240. The van der Waals surface area contributed by atoms with Gasteiger partial charge in [-0.2, -0.15) is 0 Å². The molecule has 0 fully saturated rings. The number of nitrogens with one attached hydrogen (secondary N) is 1. The van der Waals surface area contributed by atoms with Crippen LogP contribution in [-0.2, 0) is 16.4 Å². The first kappa shape index (κ1) is 19.3. The summed E-state index contributed by atoms with van der Waals surface area (Å²) in [5.41, 5.74) is 4.72. The zero-order valence-corrected chi connectivity index (χ0v) is 16.8. The normalized spacial score (nSPS) is 12.6. The van der Waals surface area contributed by atoms with Gasteiger partial charge in [0, 0.05) is 19.8 Å². The van der Waals surface area contributed by atoms with Gasteiger partial charge in [0.25, 0.3) is 5.91 Å². The standard InChI is InChI=1S/C22H19FN2O3S/c1-25(2)29(27,28)17-9-10-21(23)20(13-17)22(26)24-16-8-7-15-11-14-5-3-4-6-18(14)19(15)12-16/h3-10,12-13H,11H2,1-2H3,(H,24,26). The summed E-state index contributed by atoms with van der Waals surface area (Å²) in [4.78, 5) is 12.5. The van der Waals surface area contributed by atoms with Gasteiger partial charge in [0.15, 0.2) is 0 Å². The molecule has 0 saturated heterocycles. The second-order valence-electron chi connectivity index (χ2n) is 7.09. The first-order valence-electron chi connectivity index (χ1n) is 9.02. The molecule has 0 unspecified atom stereocenters. The van der Waals surface area contributed by atoms with Crippen molar-refractivity contribution in [1.82, 2.24) is 4.31 Å². The number of hydrogen-bond acceptors (Lipinski definition) is 3. The number of amides is 1. The highest BCUT2D eigenvalue weighted by atomic mass is 32.2. The topological polar surface area (TPSA) is 66.5 Å². The molecule has 0 heterocycles. The van der Waals surface area contributed by atoms with Crippen LogP contribution in [0.5, 0.6) is 0 Å². The number of anilines is 1. The second kappa shape index (κ2) is 7.09. The van der Waals surface area contributed by atoms with Gasteiger partial charge in [-0.3, -0.25) is 4.79 Å². The van der Waals surface area contributed by atoms with Crippen LogP contribution in [0.1, 0.15) is 21.5 Å². The van der Waals surface area contributed by atoms with Crippen molar-refractivity contribution in [3.63, 3.8) is 0 Å². The summed E-state index contributed by atoms with van der Waals surface area (Å²) in [7, 11) is -1.03. The molecule has 7 heteroatoms. The minimum absolute atomic E-state index is 0.142. The van der Waals surface area contributed by atoms with Gasteiger partial charge in [0.2, 0.25) is 10.0 Å². The molecule has 1 N–H and O–H groups in total. The van der Waals surface area contributed by atoms with Crippen LogP contribution < -0.4 is 5.32 Å². The van der Waals surface area contributed by atoms with E-state index in [0.29, 0.717) is 5.69 Å². The Balaban J connectivity index is 1.65. The van der Waals surface area contributed by atoms with Crippen LogP contribution in [0.15, 0.2) is 65.6 Å². The summed E-state index contributed by atoms with van der Waals surface area (Å²) >= 11 is 0. The average Bonchev–Trinajstić information content (AvgIpc) is 3.06. The fourth-order valence-electron chi connectivity index (χ4n) is 3.45. The molecule has 3 aromatic rings. The molecule has 0 spiro atoms. The highest BCUT2D eigenvalue weighted by Crippen LogP contribution is 2.37. The van der Waals surface area contributed by atoms with Crippen molar-refractivity contribution in [3.8, 4) is 11.1 Å². The number of nitrogens with zero attached hydrogens (tertiary/aromatic N) is 1. The maximum absolute atomic E-state index is 14.3. The summed E-state index contributed by atoms with van der Waals surface area (Å²) < 4.78 is 39.9. The van der Waals surface area contributed by atoms with E-state index >= 15 is 0 Å². The van der Waals surface area contributed by atoms with Crippen LogP contribution in [0.3, 0.4) is 0 Å². The van der Waals surface area contributed by atoms with E-state index in [-0.39, 0.29) is 10.5 Å². The SMILES string of the molecule is CN(C)S(=O)(=O)c1ccc(F)c(C(=O)Nc2ccc3c(c2)-c2ccccc2C3)c1. The molecule has 0 radical (unpaired) electrons. The maximum Gasteiger partial charge on any atom is 0.258 e. The lowest BCUT2D eigenvalue weighted by Crippen LogP contribution is -2.23. The molecule has 3 aromatic carbocycles. The molecule has 29 heavy (non-hydrogen) atoms. The predicted octanol–water partition coefficient (Wildman–Crippen LogP) is 3.90. The smallest absolute Gasteiger partial charge is 0.258 e. The summed E-state index contributed by atoms with van der Waals surface area (Å²) in [6, 6.07) is 16.8. The lowest BCUT2D eigenvalue weighted by atomic mass is 10.1. The van der Waals surface area contributed by atoms with Gasteiger partial charge in [-0.05, 0) is 59.0 Å². The maximum atomic E-state index is 14.3. The number of hydrogen-bond donors (Lipinski definition) is 1. The quantitative estimate of drug-likeness (QED) is 0.555. The molecule has 0 aromatic heterocycles. The monoisotopic (exact) mass is 410 g/mol. The van der Waals surface area contributed by atoms with Crippen LogP contribution in [0.2, 0.25) is 0 Å². The number of carbonyl (C=O) groups excluding carboxylic acids is 1. The van der Waals surface area contributed by atoms with Crippen molar-refractivity contribution in [3.05, 3.63) is 83.2 Å². The van der Waals surface area contributed by atoms with Crippen molar-refractivity contribution in [2.45, 2.75) is 11.3 Å². The molecular weight excluding hydrogens is 391 g/mol. The molecule has 0 aliphatic heterocycles. The molecule has 4 rings (SSSR count). The highest BCUT2D eigenvalue weighted by molar-refractivity contribution is 7.89. The van der Waals surface area contributed by atoms with E-state index in [1.54, 1.807) is 6.07 Å². The van der Waals surface area contributed by atoms with Crippen molar-refractivity contribution in [2.24, 2.45) is 0 Å². The molecule has 0 saturated carbocycles. The van der Waals surface area contributed by atoms with Gasteiger partial charge >= 0.3 is 0 Å². The van der Waals surface area contributed by atoms with Gasteiger partial charge < -0.3 is 5.32 Å². The summed E-state index contributed by atoms with van der Waals surface area (Å²) in [5.74, 6) is -1.49. The van der Waals surface area contributed by atoms with Crippen LogP contribution in [-0.4, -0.2) is 32.7 Å². The van der Waals surface area contributed by atoms with E-state index in [1.165, 1.54) is 19.7 Å². The Labute approximate surface area is 168 Å². The summed E-state index contributed by atoms with van der Waals surface area (Å²) in [5, 5.41) is 2.68. The van der Waals surface area contributed by atoms with E-state index in [2.05, 4.69) is 11.4 Å². The third kappa shape index (κ3) is 3.43. The molecule has 1 aliphatic rings. The van der Waals surface area contributed by atoms with Gasteiger partial charge in [0.1, 0.15) is 5.82 Å². The third-order valence-electron chi connectivity index (χ3n) is 5.02. The van der Waals surface area contributed by atoms with Crippen LogP contribution in [0, 0.1) is 5.82 Å². The summed E-state index contributed by atoms with van der Waals surface area (Å²) in [6.07, 6.45) is 0.832. The number of fused-ring (bicyclic) bond motifs is 3. The Morgan fingerprint density at radius 1 is 0.966 bits per heavy atom. The summed E-state index contributed by atoms with van der Waals surface area (Å²) in [6.45, 7) is 0. The van der Waals surface area contributed by atoms with E-state index in [1.807, 2.05) is 30.3 Å². The Morgan fingerprint density at radius 2 is 1.69 bits per heavy atom. The van der Waals surface area contributed by atoms with Crippen molar-refractivity contribution >= 4 is 21.6 Å². The van der Waals surface area contributed by atoms with E-state index < -0.39 is 21.7 Å². The minimum Gasteiger partial charge on any atom is -0.322 e.